The third-order valence-corrected chi connectivity index (χ3v) is 6.75. The molecule has 1 heterocycles. The molecule has 3 aromatic carbocycles. The predicted molar refractivity (Wildman–Crippen MR) is 123 cm³/mol. The van der Waals surface area contributed by atoms with Gasteiger partial charge in [-0.15, -0.1) is 11.3 Å². The van der Waals surface area contributed by atoms with E-state index in [9.17, 15) is 4.79 Å². The fourth-order valence-electron chi connectivity index (χ4n) is 4.61. The summed E-state index contributed by atoms with van der Waals surface area (Å²) in [7, 11) is 0. The average molecular weight is 411 g/mol. The highest BCUT2D eigenvalue weighted by molar-refractivity contribution is 7.13. The zero-order chi connectivity index (χ0) is 20.6. The first-order valence-corrected chi connectivity index (χ1v) is 11.0. The maximum absolute atomic E-state index is 13.5. The maximum atomic E-state index is 13.5. The lowest BCUT2D eigenvalue weighted by molar-refractivity contribution is -0.125. The van der Waals surface area contributed by atoms with E-state index in [2.05, 4.69) is 71.8 Å². The number of carbonyl (C=O) groups is 1. The van der Waals surface area contributed by atoms with E-state index in [0.29, 0.717) is 11.6 Å². The van der Waals surface area contributed by atoms with Crippen molar-refractivity contribution in [3.8, 4) is 11.1 Å². The summed E-state index contributed by atoms with van der Waals surface area (Å²) in [6, 6.07) is 27.4. The van der Waals surface area contributed by atoms with Crippen molar-refractivity contribution in [2.24, 2.45) is 5.41 Å². The molecule has 5 rings (SSSR count). The van der Waals surface area contributed by atoms with Crippen LogP contribution in [0.4, 0.5) is 5.13 Å². The van der Waals surface area contributed by atoms with Crippen LogP contribution in [0.2, 0.25) is 0 Å². The van der Waals surface area contributed by atoms with Gasteiger partial charge in [0.15, 0.2) is 5.13 Å². The molecule has 0 radical (unpaired) electrons. The fourth-order valence-corrected chi connectivity index (χ4v) is 5.13. The number of thiazole rings is 1. The molecular formula is C26H22N2OS. The van der Waals surface area contributed by atoms with E-state index in [4.69, 9.17) is 0 Å². The maximum Gasteiger partial charge on any atom is 0.233 e. The molecule has 1 aromatic heterocycles. The molecule has 0 fully saturated rings. The van der Waals surface area contributed by atoms with Gasteiger partial charge in [0.05, 0.1) is 5.41 Å². The van der Waals surface area contributed by atoms with Gasteiger partial charge in [0, 0.05) is 17.5 Å². The van der Waals surface area contributed by atoms with Crippen LogP contribution in [-0.4, -0.2) is 10.9 Å². The molecule has 0 bridgehead atoms. The minimum atomic E-state index is -0.593. The van der Waals surface area contributed by atoms with Crippen LogP contribution in [0.25, 0.3) is 11.1 Å². The normalized spacial score (nSPS) is 20.0. The highest BCUT2D eigenvalue weighted by Crippen LogP contribution is 2.52. The van der Waals surface area contributed by atoms with E-state index in [0.717, 1.165) is 0 Å². The average Bonchev–Trinajstić information content (AvgIpc) is 3.40. The van der Waals surface area contributed by atoms with Crippen LogP contribution in [0.15, 0.2) is 90.4 Å². The highest BCUT2D eigenvalue weighted by atomic mass is 32.1. The molecule has 0 spiro atoms. The van der Waals surface area contributed by atoms with Gasteiger partial charge in [-0.05, 0) is 41.2 Å². The van der Waals surface area contributed by atoms with Crippen LogP contribution in [0.5, 0.6) is 0 Å². The first kappa shape index (κ1) is 18.8. The van der Waals surface area contributed by atoms with Crippen molar-refractivity contribution in [2.45, 2.75) is 19.3 Å². The van der Waals surface area contributed by atoms with Gasteiger partial charge in [-0.1, -0.05) is 78.9 Å². The molecule has 0 saturated heterocycles. The lowest BCUT2D eigenvalue weighted by Crippen LogP contribution is -2.37. The van der Waals surface area contributed by atoms with Crippen LogP contribution in [-0.2, 0) is 11.2 Å². The first-order valence-electron chi connectivity index (χ1n) is 10.1. The van der Waals surface area contributed by atoms with Crippen molar-refractivity contribution in [3.05, 3.63) is 107 Å². The van der Waals surface area contributed by atoms with Gasteiger partial charge in [-0.3, -0.25) is 4.79 Å². The van der Waals surface area contributed by atoms with Gasteiger partial charge in [0.1, 0.15) is 0 Å². The van der Waals surface area contributed by atoms with E-state index in [1.165, 1.54) is 39.2 Å². The standard InChI is InChI=1S/C26H22N2OS/c1-26(24(29)28-25-27-14-15-30-25)17-21-13-12-20(18-8-4-2-5-9-18)16-22(21)23(26)19-10-6-3-7-11-19/h2-16,23H,17H2,1H3,(H,27,28,29)/t23-,26+/m0/s1. The highest BCUT2D eigenvalue weighted by Gasteiger charge is 2.48. The molecule has 0 aliphatic heterocycles. The Balaban J connectivity index is 1.60. The smallest absolute Gasteiger partial charge is 0.233 e. The first-order chi connectivity index (χ1) is 14.6. The third kappa shape index (κ3) is 3.23. The Labute approximate surface area is 180 Å². The van der Waals surface area contributed by atoms with Crippen molar-refractivity contribution in [3.63, 3.8) is 0 Å². The predicted octanol–water partition coefficient (Wildman–Crippen LogP) is 6.14. The Morgan fingerprint density at radius 3 is 2.43 bits per heavy atom. The number of benzene rings is 3. The summed E-state index contributed by atoms with van der Waals surface area (Å²) >= 11 is 1.45. The summed E-state index contributed by atoms with van der Waals surface area (Å²) < 4.78 is 0. The van der Waals surface area contributed by atoms with Gasteiger partial charge < -0.3 is 5.32 Å². The van der Waals surface area contributed by atoms with Crippen LogP contribution in [0.3, 0.4) is 0 Å². The van der Waals surface area contributed by atoms with E-state index < -0.39 is 5.41 Å². The molecule has 3 nitrogen and oxygen atoms in total. The van der Waals surface area contributed by atoms with E-state index >= 15 is 0 Å². The second-order valence-electron chi connectivity index (χ2n) is 8.01. The Morgan fingerprint density at radius 1 is 1.00 bits per heavy atom. The van der Waals surface area contributed by atoms with Crippen molar-refractivity contribution in [1.29, 1.82) is 0 Å². The van der Waals surface area contributed by atoms with Crippen molar-refractivity contribution < 1.29 is 4.79 Å². The van der Waals surface area contributed by atoms with E-state index in [1.54, 1.807) is 6.20 Å². The topological polar surface area (TPSA) is 42.0 Å². The quantitative estimate of drug-likeness (QED) is 0.439. The molecule has 1 aliphatic rings. The summed E-state index contributed by atoms with van der Waals surface area (Å²) in [5.41, 5.74) is 5.41. The van der Waals surface area contributed by atoms with Gasteiger partial charge >= 0.3 is 0 Å². The minimum Gasteiger partial charge on any atom is -0.301 e. The molecule has 1 amide bonds. The summed E-state index contributed by atoms with van der Waals surface area (Å²) in [6.45, 7) is 2.08. The molecule has 0 unspecified atom stereocenters. The molecular weight excluding hydrogens is 388 g/mol. The summed E-state index contributed by atoms with van der Waals surface area (Å²) in [4.78, 5) is 17.7. The summed E-state index contributed by atoms with van der Waals surface area (Å²) in [5, 5.41) is 5.58. The zero-order valence-electron chi connectivity index (χ0n) is 16.7. The van der Waals surface area contributed by atoms with Crippen molar-refractivity contribution in [1.82, 2.24) is 4.98 Å². The molecule has 1 aliphatic carbocycles. The number of amides is 1. The lowest BCUT2D eigenvalue weighted by atomic mass is 9.73. The van der Waals surface area contributed by atoms with Crippen LogP contribution in [0, 0.1) is 5.41 Å². The minimum absolute atomic E-state index is 0.0164. The number of anilines is 1. The van der Waals surface area contributed by atoms with Crippen LogP contribution in [0.1, 0.15) is 29.5 Å². The van der Waals surface area contributed by atoms with Gasteiger partial charge in [-0.25, -0.2) is 4.98 Å². The molecule has 148 valence electrons. The van der Waals surface area contributed by atoms with Gasteiger partial charge in [0.2, 0.25) is 5.91 Å². The monoisotopic (exact) mass is 410 g/mol. The number of aromatic nitrogens is 1. The number of hydrogen-bond donors (Lipinski definition) is 1. The number of fused-ring (bicyclic) bond motifs is 1. The molecule has 4 aromatic rings. The second-order valence-corrected chi connectivity index (χ2v) is 8.90. The fraction of sp³-hybridized carbons (Fsp3) is 0.154. The number of hydrogen-bond acceptors (Lipinski definition) is 3. The SMILES string of the molecule is C[C@@]1(C(=O)Nc2nccs2)Cc2ccc(-c3ccccc3)cc2[C@@H]1c1ccccc1. The van der Waals surface area contributed by atoms with Crippen LogP contribution >= 0.6 is 11.3 Å². The largest absolute Gasteiger partial charge is 0.301 e. The second kappa shape index (κ2) is 7.54. The molecule has 0 saturated carbocycles. The molecule has 4 heteroatoms. The number of carbonyl (C=O) groups excluding carboxylic acids is 1. The van der Waals surface area contributed by atoms with Gasteiger partial charge in [0.25, 0.3) is 0 Å². The molecule has 30 heavy (non-hydrogen) atoms. The number of rotatable bonds is 4. The van der Waals surface area contributed by atoms with Crippen molar-refractivity contribution in [2.75, 3.05) is 5.32 Å². The Hall–Kier alpha value is -3.24. The molecule has 1 N–H and O–H groups in total. The number of nitrogens with one attached hydrogen (secondary N) is 1. The lowest BCUT2D eigenvalue weighted by Gasteiger charge is -2.31. The Kier molecular flexibility index (Phi) is 4.72. The van der Waals surface area contributed by atoms with Crippen LogP contribution < -0.4 is 5.32 Å². The number of nitrogens with zero attached hydrogens (tertiary/aromatic N) is 1. The third-order valence-electron chi connectivity index (χ3n) is 6.06. The summed E-state index contributed by atoms with van der Waals surface area (Å²) in [5.74, 6) is 0.00101. The van der Waals surface area contributed by atoms with Gasteiger partial charge in [-0.2, -0.15) is 0 Å². The Bertz CT molecular complexity index is 1170. The van der Waals surface area contributed by atoms with Crippen molar-refractivity contribution >= 4 is 22.4 Å². The Morgan fingerprint density at radius 2 is 1.73 bits per heavy atom. The zero-order valence-corrected chi connectivity index (χ0v) is 17.5. The molecule has 2 atom stereocenters. The summed E-state index contributed by atoms with van der Waals surface area (Å²) in [6.07, 6.45) is 2.42. The van der Waals surface area contributed by atoms with E-state index in [1.807, 2.05) is 29.6 Å². The van der Waals surface area contributed by atoms with E-state index in [-0.39, 0.29) is 11.8 Å².